The van der Waals surface area contributed by atoms with Crippen molar-refractivity contribution in [2.75, 3.05) is 5.33 Å². The number of aryl methyl sites for hydroxylation is 1. The van der Waals surface area contributed by atoms with Gasteiger partial charge in [-0.05, 0) is 25.1 Å². The van der Waals surface area contributed by atoms with Crippen molar-refractivity contribution < 1.29 is 4.79 Å². The van der Waals surface area contributed by atoms with Gasteiger partial charge in [0, 0.05) is 5.39 Å². The number of nitrogens with zero attached hydrogens (tertiary/aromatic N) is 2. The molecule has 3 rings (SSSR count). The van der Waals surface area contributed by atoms with Crippen molar-refractivity contribution in [3.8, 4) is 5.69 Å². The molecule has 96 valence electrons. The summed E-state index contributed by atoms with van der Waals surface area (Å²) in [7, 11) is 0. The standard InChI is InChI=1S/C14H11BrN2OS/c1-9-11-7-13(12(18)8-15)19-14(11)17(16-9)10-5-3-2-4-6-10/h2-7H,8H2,1H3. The van der Waals surface area contributed by atoms with E-state index in [0.29, 0.717) is 5.33 Å². The molecule has 0 N–H and O–H groups in total. The summed E-state index contributed by atoms with van der Waals surface area (Å²) in [6.07, 6.45) is 0. The number of carbonyl (C=O) groups excluding carboxylic acids is 1. The summed E-state index contributed by atoms with van der Waals surface area (Å²) < 4.78 is 1.90. The van der Waals surface area contributed by atoms with Gasteiger partial charge in [-0.3, -0.25) is 4.79 Å². The first-order chi connectivity index (χ1) is 9.20. The zero-order chi connectivity index (χ0) is 13.4. The maximum absolute atomic E-state index is 11.8. The van der Waals surface area contributed by atoms with Crippen molar-refractivity contribution in [2.45, 2.75) is 6.92 Å². The molecule has 2 aromatic heterocycles. The Morgan fingerprint density at radius 1 is 1.37 bits per heavy atom. The number of benzene rings is 1. The Bertz CT molecular complexity index is 745. The lowest BCUT2D eigenvalue weighted by Crippen LogP contribution is -1.97. The second-order valence-electron chi connectivity index (χ2n) is 4.22. The summed E-state index contributed by atoms with van der Waals surface area (Å²) in [4.78, 5) is 13.6. The van der Waals surface area contributed by atoms with Crippen LogP contribution < -0.4 is 0 Å². The van der Waals surface area contributed by atoms with E-state index in [1.54, 1.807) is 0 Å². The number of aromatic nitrogens is 2. The number of hydrogen-bond acceptors (Lipinski definition) is 3. The van der Waals surface area contributed by atoms with Crippen LogP contribution in [-0.2, 0) is 0 Å². The lowest BCUT2D eigenvalue weighted by atomic mass is 10.3. The maximum atomic E-state index is 11.8. The first kappa shape index (κ1) is 12.6. The normalized spacial score (nSPS) is 11.1. The zero-order valence-electron chi connectivity index (χ0n) is 10.3. The summed E-state index contributed by atoms with van der Waals surface area (Å²) in [6, 6.07) is 11.9. The molecular formula is C14H11BrN2OS. The topological polar surface area (TPSA) is 34.9 Å². The van der Waals surface area contributed by atoms with Gasteiger partial charge in [0.05, 0.1) is 21.6 Å². The molecule has 0 fully saturated rings. The zero-order valence-corrected chi connectivity index (χ0v) is 12.7. The molecule has 0 aliphatic rings. The number of Topliss-reactive ketones (excluding diaryl/α,β-unsaturated/α-hetero) is 1. The maximum Gasteiger partial charge on any atom is 0.183 e. The fourth-order valence-electron chi connectivity index (χ4n) is 1.99. The number of fused-ring (bicyclic) bond motifs is 1. The van der Waals surface area contributed by atoms with E-state index in [4.69, 9.17) is 0 Å². The van der Waals surface area contributed by atoms with Crippen LogP contribution in [-0.4, -0.2) is 20.9 Å². The third-order valence-corrected chi connectivity index (χ3v) is 4.60. The SMILES string of the molecule is Cc1nn(-c2ccccc2)c2sc(C(=O)CBr)cc12. The van der Waals surface area contributed by atoms with E-state index in [2.05, 4.69) is 21.0 Å². The van der Waals surface area contributed by atoms with Crippen LogP contribution in [0.15, 0.2) is 36.4 Å². The number of halogens is 1. The number of para-hydroxylation sites is 1. The van der Waals surface area contributed by atoms with E-state index in [-0.39, 0.29) is 5.78 Å². The molecule has 3 nitrogen and oxygen atoms in total. The largest absolute Gasteiger partial charge is 0.292 e. The fraction of sp³-hybridized carbons (Fsp3) is 0.143. The molecule has 0 aliphatic carbocycles. The molecule has 0 aliphatic heterocycles. The predicted molar refractivity (Wildman–Crippen MR) is 81.8 cm³/mol. The summed E-state index contributed by atoms with van der Waals surface area (Å²) in [5.41, 5.74) is 1.96. The Labute approximate surface area is 123 Å². The molecule has 3 aromatic rings. The summed E-state index contributed by atoms with van der Waals surface area (Å²) in [6.45, 7) is 1.97. The van der Waals surface area contributed by atoms with Crippen LogP contribution in [0.25, 0.3) is 15.9 Å². The van der Waals surface area contributed by atoms with Gasteiger partial charge in [0.25, 0.3) is 0 Å². The summed E-state index contributed by atoms with van der Waals surface area (Å²) in [5, 5.41) is 5.96. The van der Waals surface area contributed by atoms with Gasteiger partial charge in [-0.15, -0.1) is 11.3 Å². The van der Waals surface area contributed by atoms with E-state index in [0.717, 1.165) is 26.5 Å². The number of thiophene rings is 1. The second-order valence-corrected chi connectivity index (χ2v) is 5.81. The number of alkyl halides is 1. The molecule has 5 heteroatoms. The highest BCUT2D eigenvalue weighted by Gasteiger charge is 2.16. The van der Waals surface area contributed by atoms with Crippen molar-refractivity contribution >= 4 is 43.3 Å². The molecule has 0 atom stereocenters. The van der Waals surface area contributed by atoms with E-state index < -0.39 is 0 Å². The highest BCUT2D eigenvalue weighted by atomic mass is 79.9. The van der Waals surface area contributed by atoms with Crippen molar-refractivity contribution in [1.29, 1.82) is 0 Å². The number of rotatable bonds is 3. The highest BCUT2D eigenvalue weighted by Crippen LogP contribution is 2.30. The Morgan fingerprint density at radius 3 is 2.79 bits per heavy atom. The Hall–Kier alpha value is -1.46. The minimum atomic E-state index is 0.111. The van der Waals surface area contributed by atoms with Gasteiger partial charge < -0.3 is 0 Å². The first-order valence-corrected chi connectivity index (χ1v) is 7.78. The molecule has 0 saturated heterocycles. The summed E-state index contributed by atoms with van der Waals surface area (Å²) in [5.74, 6) is 0.111. The van der Waals surface area contributed by atoms with Gasteiger partial charge in [0.15, 0.2) is 5.78 Å². The lowest BCUT2D eigenvalue weighted by Gasteiger charge is -2.00. The van der Waals surface area contributed by atoms with Crippen LogP contribution in [0.1, 0.15) is 15.4 Å². The molecular weight excluding hydrogens is 324 g/mol. The van der Waals surface area contributed by atoms with Crippen LogP contribution in [0.2, 0.25) is 0 Å². The van der Waals surface area contributed by atoms with Crippen LogP contribution in [0.3, 0.4) is 0 Å². The smallest absolute Gasteiger partial charge is 0.183 e. The van der Waals surface area contributed by atoms with Crippen molar-refractivity contribution in [3.05, 3.63) is 47.0 Å². The van der Waals surface area contributed by atoms with Crippen molar-refractivity contribution in [1.82, 2.24) is 9.78 Å². The fourth-order valence-corrected chi connectivity index (χ4v) is 3.60. The number of carbonyl (C=O) groups is 1. The molecule has 0 spiro atoms. The third kappa shape index (κ3) is 2.13. The lowest BCUT2D eigenvalue weighted by molar-refractivity contribution is 0.102. The van der Waals surface area contributed by atoms with Crippen LogP contribution in [0, 0.1) is 6.92 Å². The highest BCUT2D eigenvalue weighted by molar-refractivity contribution is 9.09. The van der Waals surface area contributed by atoms with Crippen LogP contribution >= 0.6 is 27.3 Å². The Balaban J connectivity index is 2.21. The predicted octanol–water partition coefficient (Wildman–Crippen LogP) is 3.97. The van der Waals surface area contributed by atoms with Gasteiger partial charge in [-0.2, -0.15) is 5.10 Å². The van der Waals surface area contributed by atoms with E-state index in [9.17, 15) is 4.79 Å². The molecule has 0 radical (unpaired) electrons. The minimum Gasteiger partial charge on any atom is -0.292 e. The van der Waals surface area contributed by atoms with Crippen LogP contribution in [0.5, 0.6) is 0 Å². The van der Waals surface area contributed by atoms with Crippen molar-refractivity contribution in [2.24, 2.45) is 0 Å². The molecule has 1 aromatic carbocycles. The molecule has 0 saturated carbocycles. The third-order valence-electron chi connectivity index (χ3n) is 2.94. The second kappa shape index (κ2) is 4.90. The molecule has 0 unspecified atom stereocenters. The van der Waals surface area contributed by atoms with E-state index in [1.807, 2.05) is 48.0 Å². The molecule has 19 heavy (non-hydrogen) atoms. The molecule has 0 bridgehead atoms. The van der Waals surface area contributed by atoms with Crippen molar-refractivity contribution in [3.63, 3.8) is 0 Å². The molecule has 0 amide bonds. The monoisotopic (exact) mass is 334 g/mol. The van der Waals surface area contributed by atoms with Gasteiger partial charge in [0.2, 0.25) is 0 Å². The van der Waals surface area contributed by atoms with E-state index in [1.165, 1.54) is 11.3 Å². The minimum absolute atomic E-state index is 0.111. The first-order valence-electron chi connectivity index (χ1n) is 5.84. The van der Waals surface area contributed by atoms with E-state index >= 15 is 0 Å². The average Bonchev–Trinajstić information content (AvgIpc) is 3.00. The number of hydrogen-bond donors (Lipinski definition) is 0. The summed E-state index contributed by atoms with van der Waals surface area (Å²) >= 11 is 4.71. The quantitative estimate of drug-likeness (QED) is 0.536. The Kier molecular flexibility index (Phi) is 3.24. The molecule has 2 heterocycles. The van der Waals surface area contributed by atoms with Gasteiger partial charge in [-0.25, -0.2) is 4.68 Å². The van der Waals surface area contributed by atoms with Crippen LogP contribution in [0.4, 0.5) is 0 Å². The van der Waals surface area contributed by atoms with Gasteiger partial charge >= 0.3 is 0 Å². The Morgan fingerprint density at radius 2 is 2.11 bits per heavy atom. The average molecular weight is 335 g/mol. The number of ketones is 1. The van der Waals surface area contributed by atoms with Gasteiger partial charge in [-0.1, -0.05) is 34.1 Å². The van der Waals surface area contributed by atoms with Gasteiger partial charge in [0.1, 0.15) is 4.83 Å².